The van der Waals surface area contributed by atoms with Gasteiger partial charge in [0.1, 0.15) is 5.75 Å². The van der Waals surface area contributed by atoms with Crippen molar-refractivity contribution >= 4 is 34.0 Å². The van der Waals surface area contributed by atoms with Crippen LogP contribution < -0.4 is 15.4 Å². The summed E-state index contributed by atoms with van der Waals surface area (Å²) in [6.07, 6.45) is 1.22. The van der Waals surface area contributed by atoms with Crippen molar-refractivity contribution in [1.82, 2.24) is 4.98 Å². The first-order valence-corrected chi connectivity index (χ1v) is 9.76. The van der Waals surface area contributed by atoms with Crippen LogP contribution in [0.25, 0.3) is 11.3 Å². The van der Waals surface area contributed by atoms with Crippen LogP contribution in [-0.2, 0) is 11.2 Å². The summed E-state index contributed by atoms with van der Waals surface area (Å²) in [5.74, 6) is 0.493. The molecule has 0 atom stereocenters. The number of methoxy groups -OCH3 is 1. The third-order valence-corrected chi connectivity index (χ3v) is 5.45. The fourth-order valence-electron chi connectivity index (χ4n) is 3.14. The van der Waals surface area contributed by atoms with Crippen LogP contribution in [0.4, 0.5) is 10.8 Å². The largest absolute Gasteiger partial charge is 0.496 e. The van der Waals surface area contributed by atoms with Gasteiger partial charge in [0, 0.05) is 28.6 Å². The third-order valence-electron chi connectivity index (χ3n) is 4.69. The second-order valence-corrected chi connectivity index (χ2v) is 7.45. The van der Waals surface area contributed by atoms with Crippen LogP contribution in [0.1, 0.15) is 27.9 Å². The maximum atomic E-state index is 12.5. The predicted molar refractivity (Wildman–Crippen MR) is 110 cm³/mol. The Morgan fingerprint density at radius 3 is 2.89 bits per heavy atom. The average Bonchev–Trinajstić information content (AvgIpc) is 3.16. The van der Waals surface area contributed by atoms with Gasteiger partial charge in [0.25, 0.3) is 5.91 Å². The number of aryl methyl sites for hydroxylation is 2. The molecule has 0 saturated carbocycles. The predicted octanol–water partition coefficient (Wildman–Crippen LogP) is 4.26. The lowest BCUT2D eigenvalue weighted by atomic mass is 9.99. The number of thiazole rings is 1. The van der Waals surface area contributed by atoms with E-state index in [0.717, 1.165) is 34.5 Å². The maximum Gasteiger partial charge on any atom is 0.257 e. The molecule has 2 heterocycles. The number of fused-ring (bicyclic) bond motifs is 1. The number of anilines is 2. The molecule has 0 fully saturated rings. The molecule has 0 bridgehead atoms. The molecule has 4 rings (SSSR count). The smallest absolute Gasteiger partial charge is 0.257 e. The molecule has 1 aromatic heterocycles. The van der Waals surface area contributed by atoms with Gasteiger partial charge >= 0.3 is 0 Å². The molecule has 7 heteroatoms. The van der Waals surface area contributed by atoms with Crippen LogP contribution in [0.15, 0.2) is 41.8 Å². The lowest BCUT2D eigenvalue weighted by Gasteiger charge is -2.17. The summed E-state index contributed by atoms with van der Waals surface area (Å²) >= 11 is 1.37. The zero-order valence-corrected chi connectivity index (χ0v) is 16.4. The molecule has 0 saturated heterocycles. The Morgan fingerprint density at radius 1 is 1.21 bits per heavy atom. The Hall–Kier alpha value is -3.19. The summed E-state index contributed by atoms with van der Waals surface area (Å²) in [7, 11) is 1.58. The zero-order valence-electron chi connectivity index (χ0n) is 15.5. The normalized spacial score (nSPS) is 12.9. The SMILES string of the molecule is COc1cc(C(=O)Nc2nc(-c3ccc4c(c3)CCC(=O)N4)cs2)ccc1C. The molecule has 3 aromatic rings. The van der Waals surface area contributed by atoms with Gasteiger partial charge in [-0.15, -0.1) is 11.3 Å². The van der Waals surface area contributed by atoms with E-state index in [4.69, 9.17) is 4.74 Å². The number of amides is 2. The summed E-state index contributed by atoms with van der Waals surface area (Å²) in [6, 6.07) is 11.2. The van der Waals surface area contributed by atoms with E-state index in [1.165, 1.54) is 11.3 Å². The van der Waals surface area contributed by atoms with Crippen molar-refractivity contribution in [3.8, 4) is 17.0 Å². The molecule has 1 aliphatic rings. The monoisotopic (exact) mass is 393 g/mol. The highest BCUT2D eigenvalue weighted by Gasteiger charge is 2.16. The van der Waals surface area contributed by atoms with Crippen molar-refractivity contribution < 1.29 is 14.3 Å². The molecule has 1 aliphatic heterocycles. The van der Waals surface area contributed by atoms with Crippen LogP contribution in [0.3, 0.4) is 0 Å². The molecular formula is C21H19N3O3S. The van der Waals surface area contributed by atoms with E-state index < -0.39 is 0 Å². The van der Waals surface area contributed by atoms with Crippen LogP contribution in [0, 0.1) is 6.92 Å². The minimum absolute atomic E-state index is 0.0478. The number of nitrogens with one attached hydrogen (secondary N) is 2. The maximum absolute atomic E-state index is 12.5. The fourth-order valence-corrected chi connectivity index (χ4v) is 3.85. The fraction of sp³-hybridized carbons (Fsp3) is 0.190. The molecule has 0 radical (unpaired) electrons. The van der Waals surface area contributed by atoms with Gasteiger partial charge in [-0.3, -0.25) is 14.9 Å². The first kappa shape index (κ1) is 18.2. The second-order valence-electron chi connectivity index (χ2n) is 6.60. The zero-order chi connectivity index (χ0) is 19.7. The van der Waals surface area contributed by atoms with Crippen molar-refractivity contribution in [2.24, 2.45) is 0 Å². The van der Waals surface area contributed by atoms with Gasteiger partial charge < -0.3 is 10.1 Å². The standard InChI is InChI=1S/C21H19N3O3S/c1-12-3-4-15(10-18(12)27-2)20(26)24-21-23-17(11-28-21)14-5-7-16-13(9-14)6-8-19(25)22-16/h3-5,7,9-11H,6,8H2,1-2H3,(H,22,25)(H,23,24,26). The van der Waals surface area contributed by atoms with Crippen LogP contribution in [0.2, 0.25) is 0 Å². The van der Waals surface area contributed by atoms with Crippen molar-refractivity contribution in [2.75, 3.05) is 17.7 Å². The number of carbonyl (C=O) groups is 2. The summed E-state index contributed by atoms with van der Waals surface area (Å²) in [6.45, 7) is 1.93. The molecule has 2 N–H and O–H groups in total. The quantitative estimate of drug-likeness (QED) is 0.694. The molecule has 28 heavy (non-hydrogen) atoms. The molecule has 2 amide bonds. The van der Waals surface area contributed by atoms with Gasteiger partial charge in [0.15, 0.2) is 5.13 Å². The average molecular weight is 393 g/mol. The number of aromatic nitrogens is 1. The third kappa shape index (κ3) is 3.61. The van der Waals surface area contributed by atoms with Crippen molar-refractivity contribution in [3.63, 3.8) is 0 Å². The van der Waals surface area contributed by atoms with E-state index in [9.17, 15) is 9.59 Å². The highest BCUT2D eigenvalue weighted by molar-refractivity contribution is 7.14. The van der Waals surface area contributed by atoms with Crippen LogP contribution in [-0.4, -0.2) is 23.9 Å². The lowest BCUT2D eigenvalue weighted by Crippen LogP contribution is -2.18. The Labute approximate surface area is 166 Å². The van der Waals surface area contributed by atoms with Crippen LogP contribution >= 0.6 is 11.3 Å². The van der Waals surface area contributed by atoms with Crippen molar-refractivity contribution in [3.05, 3.63) is 58.5 Å². The number of hydrogen-bond acceptors (Lipinski definition) is 5. The minimum atomic E-state index is -0.229. The topological polar surface area (TPSA) is 80.3 Å². The van der Waals surface area contributed by atoms with E-state index in [-0.39, 0.29) is 11.8 Å². The van der Waals surface area contributed by atoms with E-state index in [1.54, 1.807) is 19.2 Å². The van der Waals surface area contributed by atoms with Crippen molar-refractivity contribution in [1.29, 1.82) is 0 Å². The van der Waals surface area contributed by atoms with Gasteiger partial charge in [-0.05, 0) is 48.7 Å². The molecule has 0 unspecified atom stereocenters. The first-order valence-electron chi connectivity index (χ1n) is 8.88. The van der Waals surface area contributed by atoms with Gasteiger partial charge in [-0.25, -0.2) is 4.98 Å². The number of rotatable bonds is 4. The summed E-state index contributed by atoms with van der Waals surface area (Å²) in [5.41, 5.74) is 5.20. The lowest BCUT2D eigenvalue weighted by molar-refractivity contribution is -0.116. The van der Waals surface area contributed by atoms with Gasteiger partial charge in [-0.1, -0.05) is 12.1 Å². The number of nitrogens with zero attached hydrogens (tertiary/aromatic N) is 1. The van der Waals surface area contributed by atoms with Gasteiger partial charge in [-0.2, -0.15) is 0 Å². The van der Waals surface area contributed by atoms with E-state index >= 15 is 0 Å². The Balaban J connectivity index is 1.52. The number of carbonyl (C=O) groups excluding carboxylic acids is 2. The Bertz CT molecular complexity index is 1070. The molecule has 0 spiro atoms. The van der Waals surface area contributed by atoms with E-state index in [2.05, 4.69) is 15.6 Å². The number of ether oxygens (including phenoxy) is 1. The molecular weight excluding hydrogens is 374 g/mol. The van der Waals surface area contributed by atoms with E-state index in [1.807, 2.05) is 36.6 Å². The van der Waals surface area contributed by atoms with Crippen LogP contribution in [0.5, 0.6) is 5.75 Å². The number of benzene rings is 2. The first-order chi connectivity index (χ1) is 13.5. The van der Waals surface area contributed by atoms with Gasteiger partial charge in [0.2, 0.25) is 5.91 Å². The minimum Gasteiger partial charge on any atom is -0.496 e. The van der Waals surface area contributed by atoms with Gasteiger partial charge in [0.05, 0.1) is 12.8 Å². The molecule has 0 aliphatic carbocycles. The highest BCUT2D eigenvalue weighted by atomic mass is 32.1. The summed E-state index contributed by atoms with van der Waals surface area (Å²) in [4.78, 5) is 28.6. The summed E-state index contributed by atoms with van der Waals surface area (Å²) in [5, 5.41) is 8.16. The highest BCUT2D eigenvalue weighted by Crippen LogP contribution is 2.31. The Kier molecular flexibility index (Phi) is 4.83. The molecule has 6 nitrogen and oxygen atoms in total. The van der Waals surface area contributed by atoms with E-state index in [0.29, 0.717) is 22.9 Å². The molecule has 142 valence electrons. The van der Waals surface area contributed by atoms with Crippen molar-refractivity contribution in [2.45, 2.75) is 19.8 Å². The number of hydrogen-bond donors (Lipinski definition) is 2. The summed E-state index contributed by atoms with van der Waals surface area (Å²) < 4.78 is 5.28. The molecule has 2 aromatic carbocycles. The second kappa shape index (κ2) is 7.44. The Morgan fingerprint density at radius 2 is 2.07 bits per heavy atom.